The van der Waals surface area contributed by atoms with E-state index in [1.807, 2.05) is 12.1 Å². The van der Waals surface area contributed by atoms with Crippen LogP contribution in [0.25, 0.3) is 10.9 Å². The van der Waals surface area contributed by atoms with Gasteiger partial charge in [-0.2, -0.15) is 0 Å². The number of fused-ring (bicyclic) bond motifs is 1. The predicted molar refractivity (Wildman–Crippen MR) is 80.2 cm³/mol. The van der Waals surface area contributed by atoms with Crippen LogP contribution < -0.4 is 0 Å². The highest BCUT2D eigenvalue weighted by molar-refractivity contribution is 6.31. The lowest BCUT2D eigenvalue weighted by Crippen LogP contribution is -2.34. The Bertz CT molecular complexity index is 584. The van der Waals surface area contributed by atoms with Crippen LogP contribution in [0.3, 0.4) is 0 Å². The molecule has 3 rings (SSSR count). The van der Waals surface area contributed by atoms with E-state index < -0.39 is 0 Å². The minimum Gasteiger partial charge on any atom is -0.389 e. The van der Waals surface area contributed by atoms with Crippen LogP contribution in [0.2, 0.25) is 5.02 Å². The summed E-state index contributed by atoms with van der Waals surface area (Å²) in [5.74, 6) is 0. The second-order valence-corrected chi connectivity index (χ2v) is 5.68. The number of nitrogens with zero attached hydrogens (tertiary/aromatic N) is 2. The largest absolute Gasteiger partial charge is 0.389 e. The molecule has 1 unspecified atom stereocenters. The average molecular weight is 295 g/mol. The Morgan fingerprint density at radius 1 is 1.30 bits per heavy atom. The first kappa shape index (κ1) is 13.9. The predicted octanol–water partition coefficient (Wildman–Crippen LogP) is 1.99. The number of benzene rings is 1. The monoisotopic (exact) mass is 294 g/mol. The van der Waals surface area contributed by atoms with Gasteiger partial charge in [0, 0.05) is 48.3 Å². The molecule has 4 nitrogen and oxygen atoms in total. The number of rotatable bonds is 3. The number of aromatic nitrogens is 1. The molecule has 2 heterocycles. The van der Waals surface area contributed by atoms with Crippen molar-refractivity contribution in [1.82, 2.24) is 9.47 Å². The maximum atomic E-state index is 9.73. The maximum absolute atomic E-state index is 9.73. The summed E-state index contributed by atoms with van der Waals surface area (Å²) in [6.45, 7) is 4.51. The quantitative estimate of drug-likeness (QED) is 0.941. The molecule has 108 valence electrons. The van der Waals surface area contributed by atoms with Crippen LogP contribution in [-0.2, 0) is 11.3 Å². The van der Waals surface area contributed by atoms with Gasteiger partial charge < -0.3 is 14.4 Å². The SMILES string of the molecule is OC1COCCN(CCn2ccc3cc(Cl)ccc32)C1. The van der Waals surface area contributed by atoms with Crippen LogP contribution in [0.1, 0.15) is 0 Å². The molecule has 0 saturated carbocycles. The van der Waals surface area contributed by atoms with Gasteiger partial charge >= 0.3 is 0 Å². The lowest BCUT2D eigenvalue weighted by Gasteiger charge is -2.21. The molecule has 5 heteroatoms. The Labute approximate surface area is 123 Å². The van der Waals surface area contributed by atoms with Gasteiger partial charge in [0.25, 0.3) is 0 Å². The second kappa shape index (κ2) is 6.14. The standard InChI is InChI=1S/C15H19ClN2O2/c16-13-1-2-15-12(9-13)3-4-18(15)6-5-17-7-8-20-11-14(19)10-17/h1-4,9,14,19H,5-8,10-11H2. The Kier molecular flexibility index (Phi) is 4.27. The highest BCUT2D eigenvalue weighted by Gasteiger charge is 2.16. The molecule has 0 aliphatic carbocycles. The summed E-state index contributed by atoms with van der Waals surface area (Å²) in [7, 11) is 0. The molecule has 0 amide bonds. The van der Waals surface area contributed by atoms with Crippen LogP contribution >= 0.6 is 11.6 Å². The van der Waals surface area contributed by atoms with Crippen molar-refractivity contribution >= 4 is 22.5 Å². The van der Waals surface area contributed by atoms with Crippen molar-refractivity contribution in [2.75, 3.05) is 32.8 Å². The zero-order valence-electron chi connectivity index (χ0n) is 11.3. The first-order valence-electron chi connectivity index (χ1n) is 6.95. The van der Waals surface area contributed by atoms with Crippen molar-refractivity contribution in [3.05, 3.63) is 35.5 Å². The number of β-amino-alcohol motifs (C(OH)–C–C–N with tert-alkyl or cyclic N) is 1. The second-order valence-electron chi connectivity index (χ2n) is 5.24. The van der Waals surface area contributed by atoms with Gasteiger partial charge in [0.2, 0.25) is 0 Å². The van der Waals surface area contributed by atoms with Crippen LogP contribution in [0.4, 0.5) is 0 Å². The van der Waals surface area contributed by atoms with E-state index >= 15 is 0 Å². The molecule has 1 atom stereocenters. The highest BCUT2D eigenvalue weighted by Crippen LogP contribution is 2.20. The van der Waals surface area contributed by atoms with E-state index in [4.69, 9.17) is 16.3 Å². The number of hydrogen-bond acceptors (Lipinski definition) is 3. The van der Waals surface area contributed by atoms with Gasteiger partial charge in [-0.25, -0.2) is 0 Å². The number of ether oxygens (including phenoxy) is 1. The van der Waals surface area contributed by atoms with Crippen LogP contribution in [0.15, 0.2) is 30.5 Å². The Balaban J connectivity index is 1.67. The lowest BCUT2D eigenvalue weighted by molar-refractivity contribution is 0.0564. The number of hydrogen-bond donors (Lipinski definition) is 1. The van der Waals surface area contributed by atoms with Gasteiger partial charge in [0.1, 0.15) is 0 Å². The van der Waals surface area contributed by atoms with Gasteiger partial charge in [0.05, 0.1) is 19.3 Å². The summed E-state index contributed by atoms with van der Waals surface area (Å²) >= 11 is 6.00. The van der Waals surface area contributed by atoms with Crippen molar-refractivity contribution in [3.8, 4) is 0 Å². The molecule has 20 heavy (non-hydrogen) atoms. The third kappa shape index (κ3) is 3.15. The molecular weight excluding hydrogens is 276 g/mol. The minimum absolute atomic E-state index is 0.377. The van der Waals surface area contributed by atoms with E-state index in [0.717, 1.165) is 30.0 Å². The smallest absolute Gasteiger partial charge is 0.0900 e. The zero-order chi connectivity index (χ0) is 13.9. The summed E-state index contributed by atoms with van der Waals surface area (Å²) < 4.78 is 7.57. The number of halogens is 1. The van der Waals surface area contributed by atoms with Crippen LogP contribution in [0, 0.1) is 0 Å². The molecule has 1 aromatic carbocycles. The summed E-state index contributed by atoms with van der Waals surface area (Å²) in [6.07, 6.45) is 1.71. The maximum Gasteiger partial charge on any atom is 0.0900 e. The van der Waals surface area contributed by atoms with E-state index in [2.05, 4.69) is 27.8 Å². The van der Waals surface area contributed by atoms with Gasteiger partial charge in [0.15, 0.2) is 0 Å². The van der Waals surface area contributed by atoms with Crippen LogP contribution in [0.5, 0.6) is 0 Å². The van der Waals surface area contributed by atoms with E-state index in [9.17, 15) is 5.11 Å². The minimum atomic E-state index is -0.377. The third-order valence-corrected chi connectivity index (χ3v) is 3.96. The van der Waals surface area contributed by atoms with Crippen LogP contribution in [-0.4, -0.2) is 53.5 Å². The number of aliphatic hydroxyl groups is 1. The fourth-order valence-electron chi connectivity index (χ4n) is 2.67. The highest BCUT2D eigenvalue weighted by atomic mass is 35.5. The molecule has 1 N–H and O–H groups in total. The lowest BCUT2D eigenvalue weighted by atomic mass is 10.2. The molecular formula is C15H19ClN2O2. The van der Waals surface area contributed by atoms with Crippen molar-refractivity contribution in [2.24, 2.45) is 0 Å². The van der Waals surface area contributed by atoms with Gasteiger partial charge in [-0.15, -0.1) is 0 Å². The molecule has 1 aliphatic heterocycles. The molecule has 1 saturated heterocycles. The van der Waals surface area contributed by atoms with Crippen molar-refractivity contribution < 1.29 is 9.84 Å². The van der Waals surface area contributed by atoms with Crippen molar-refractivity contribution in [2.45, 2.75) is 12.6 Å². The normalized spacial score (nSPS) is 21.2. The molecule has 1 aliphatic rings. The fourth-order valence-corrected chi connectivity index (χ4v) is 2.85. The molecule has 1 fully saturated rings. The van der Waals surface area contributed by atoms with E-state index in [0.29, 0.717) is 19.8 Å². The van der Waals surface area contributed by atoms with E-state index in [1.165, 1.54) is 5.52 Å². The van der Waals surface area contributed by atoms with E-state index in [1.54, 1.807) is 0 Å². The van der Waals surface area contributed by atoms with Gasteiger partial charge in [-0.1, -0.05) is 11.6 Å². The van der Waals surface area contributed by atoms with E-state index in [-0.39, 0.29) is 6.10 Å². The topological polar surface area (TPSA) is 37.6 Å². The Morgan fingerprint density at radius 2 is 2.20 bits per heavy atom. The molecule has 0 spiro atoms. The molecule has 2 aromatic rings. The Hall–Kier alpha value is -1.07. The summed E-state index contributed by atoms with van der Waals surface area (Å²) in [5.41, 5.74) is 1.20. The third-order valence-electron chi connectivity index (χ3n) is 3.72. The summed E-state index contributed by atoms with van der Waals surface area (Å²) in [6, 6.07) is 8.04. The molecule has 1 aromatic heterocycles. The number of aliphatic hydroxyl groups excluding tert-OH is 1. The summed E-state index contributed by atoms with van der Waals surface area (Å²) in [4.78, 5) is 2.25. The van der Waals surface area contributed by atoms with Gasteiger partial charge in [-0.05, 0) is 24.3 Å². The van der Waals surface area contributed by atoms with Crippen molar-refractivity contribution in [1.29, 1.82) is 0 Å². The molecule has 0 bridgehead atoms. The van der Waals surface area contributed by atoms with Gasteiger partial charge in [-0.3, -0.25) is 4.90 Å². The zero-order valence-corrected chi connectivity index (χ0v) is 12.1. The summed E-state index contributed by atoms with van der Waals surface area (Å²) in [5, 5.41) is 11.7. The fraction of sp³-hybridized carbons (Fsp3) is 0.467. The molecule has 0 radical (unpaired) electrons. The Morgan fingerprint density at radius 3 is 3.10 bits per heavy atom. The first-order valence-corrected chi connectivity index (χ1v) is 7.33. The average Bonchev–Trinajstić information content (AvgIpc) is 2.70. The van der Waals surface area contributed by atoms with Crippen molar-refractivity contribution in [3.63, 3.8) is 0 Å². The first-order chi connectivity index (χ1) is 9.72.